The van der Waals surface area contributed by atoms with Crippen LogP contribution in [-0.2, 0) is 4.74 Å². The Hall–Kier alpha value is -1.88. The Morgan fingerprint density at radius 3 is 3.11 bits per heavy atom. The first-order valence-corrected chi connectivity index (χ1v) is 6.42. The minimum Gasteiger partial charge on any atom is -0.372 e. The van der Waals surface area contributed by atoms with Crippen molar-refractivity contribution in [3.63, 3.8) is 0 Å². The van der Waals surface area contributed by atoms with Crippen LogP contribution in [0, 0.1) is 0 Å². The fourth-order valence-electron chi connectivity index (χ4n) is 2.44. The Morgan fingerprint density at radius 2 is 2.32 bits per heavy atom. The van der Waals surface area contributed by atoms with Crippen LogP contribution in [-0.4, -0.2) is 46.3 Å². The van der Waals surface area contributed by atoms with Crippen molar-refractivity contribution in [2.24, 2.45) is 0 Å². The van der Waals surface area contributed by atoms with Crippen LogP contribution in [0.4, 0.5) is 0 Å². The van der Waals surface area contributed by atoms with Crippen LogP contribution in [0.15, 0.2) is 24.4 Å². The summed E-state index contributed by atoms with van der Waals surface area (Å²) < 4.78 is 5.63. The maximum Gasteiger partial charge on any atom is 0.254 e. The summed E-state index contributed by atoms with van der Waals surface area (Å²) in [6, 6.07) is 5.62. The molecule has 0 radical (unpaired) electrons. The summed E-state index contributed by atoms with van der Waals surface area (Å²) >= 11 is 0. The SMILES string of the molecule is CC1(C)CN(C(=O)c2ccc3cn[nH]c3c2)CCO1. The van der Waals surface area contributed by atoms with Gasteiger partial charge in [-0.25, -0.2) is 0 Å². The third-order valence-electron chi connectivity index (χ3n) is 3.40. The Bertz CT molecular complexity index is 618. The summed E-state index contributed by atoms with van der Waals surface area (Å²) in [4.78, 5) is 14.3. The molecule has 1 aliphatic rings. The number of aromatic amines is 1. The van der Waals surface area contributed by atoms with E-state index in [2.05, 4.69) is 10.2 Å². The molecule has 100 valence electrons. The van der Waals surface area contributed by atoms with Gasteiger partial charge < -0.3 is 9.64 Å². The van der Waals surface area contributed by atoms with Gasteiger partial charge in [-0.3, -0.25) is 9.89 Å². The molecule has 1 amide bonds. The predicted molar refractivity (Wildman–Crippen MR) is 72.0 cm³/mol. The second-order valence-electron chi connectivity index (χ2n) is 5.51. The van der Waals surface area contributed by atoms with Crippen molar-refractivity contribution in [2.75, 3.05) is 19.7 Å². The summed E-state index contributed by atoms with van der Waals surface area (Å²) in [6.45, 7) is 5.86. The van der Waals surface area contributed by atoms with Crippen molar-refractivity contribution in [3.8, 4) is 0 Å². The van der Waals surface area contributed by atoms with Crippen LogP contribution in [0.5, 0.6) is 0 Å². The van der Waals surface area contributed by atoms with E-state index in [-0.39, 0.29) is 11.5 Å². The van der Waals surface area contributed by atoms with Crippen molar-refractivity contribution in [1.82, 2.24) is 15.1 Å². The molecule has 0 saturated carbocycles. The fraction of sp³-hybridized carbons (Fsp3) is 0.429. The van der Waals surface area contributed by atoms with Crippen LogP contribution >= 0.6 is 0 Å². The largest absolute Gasteiger partial charge is 0.372 e. The number of aromatic nitrogens is 2. The zero-order valence-electron chi connectivity index (χ0n) is 11.1. The van der Waals surface area contributed by atoms with Gasteiger partial charge in [0.05, 0.1) is 23.9 Å². The normalized spacial score (nSPS) is 18.7. The molecule has 0 atom stereocenters. The summed E-state index contributed by atoms with van der Waals surface area (Å²) in [6.07, 6.45) is 1.75. The molecule has 1 N–H and O–H groups in total. The monoisotopic (exact) mass is 259 g/mol. The van der Waals surface area contributed by atoms with Crippen LogP contribution in [0.1, 0.15) is 24.2 Å². The zero-order valence-corrected chi connectivity index (χ0v) is 11.1. The highest BCUT2D eigenvalue weighted by Crippen LogP contribution is 2.20. The van der Waals surface area contributed by atoms with Gasteiger partial charge in [-0.1, -0.05) is 6.07 Å². The summed E-state index contributed by atoms with van der Waals surface area (Å²) in [7, 11) is 0. The van der Waals surface area contributed by atoms with Crippen molar-refractivity contribution >= 4 is 16.8 Å². The molecule has 0 aliphatic carbocycles. The van der Waals surface area contributed by atoms with Crippen molar-refractivity contribution < 1.29 is 9.53 Å². The minimum atomic E-state index is -0.272. The van der Waals surface area contributed by atoms with Gasteiger partial charge in [0.25, 0.3) is 5.91 Å². The van der Waals surface area contributed by atoms with Gasteiger partial charge in [-0.2, -0.15) is 5.10 Å². The second-order valence-corrected chi connectivity index (χ2v) is 5.51. The number of hydrogen-bond donors (Lipinski definition) is 1. The number of carbonyl (C=O) groups is 1. The van der Waals surface area contributed by atoms with Gasteiger partial charge in [0, 0.05) is 24.0 Å². The van der Waals surface area contributed by atoms with Crippen LogP contribution in [0.2, 0.25) is 0 Å². The Morgan fingerprint density at radius 1 is 1.47 bits per heavy atom. The molecule has 0 bridgehead atoms. The number of benzene rings is 1. The van der Waals surface area contributed by atoms with Crippen LogP contribution in [0.25, 0.3) is 10.9 Å². The number of nitrogens with zero attached hydrogens (tertiary/aromatic N) is 2. The quantitative estimate of drug-likeness (QED) is 0.849. The summed E-state index contributed by atoms with van der Waals surface area (Å²) in [5.41, 5.74) is 1.30. The fourth-order valence-corrected chi connectivity index (χ4v) is 2.44. The first kappa shape index (κ1) is 12.2. The number of H-pyrrole nitrogens is 1. The average molecular weight is 259 g/mol. The molecule has 19 heavy (non-hydrogen) atoms. The maximum absolute atomic E-state index is 12.5. The van der Waals surface area contributed by atoms with E-state index in [0.717, 1.165) is 10.9 Å². The topological polar surface area (TPSA) is 58.2 Å². The van der Waals surface area contributed by atoms with Gasteiger partial charge in [0.2, 0.25) is 0 Å². The first-order valence-electron chi connectivity index (χ1n) is 6.42. The van der Waals surface area contributed by atoms with Gasteiger partial charge in [0.15, 0.2) is 0 Å². The number of amides is 1. The average Bonchev–Trinajstić information content (AvgIpc) is 2.83. The van der Waals surface area contributed by atoms with E-state index in [9.17, 15) is 4.79 Å². The highest BCUT2D eigenvalue weighted by Gasteiger charge is 2.30. The molecule has 1 fully saturated rings. The Kier molecular flexibility index (Phi) is 2.78. The zero-order chi connectivity index (χ0) is 13.5. The number of rotatable bonds is 1. The van der Waals surface area contributed by atoms with E-state index in [1.165, 1.54) is 0 Å². The summed E-state index contributed by atoms with van der Waals surface area (Å²) in [5.74, 6) is 0.0490. The molecular weight excluding hydrogens is 242 g/mol. The van der Waals surface area contributed by atoms with E-state index in [1.54, 1.807) is 6.20 Å². The van der Waals surface area contributed by atoms with Crippen molar-refractivity contribution in [1.29, 1.82) is 0 Å². The lowest BCUT2D eigenvalue weighted by Crippen LogP contribution is -2.50. The van der Waals surface area contributed by atoms with Crippen LogP contribution < -0.4 is 0 Å². The van der Waals surface area contributed by atoms with E-state index in [1.807, 2.05) is 36.9 Å². The molecular formula is C14H17N3O2. The van der Waals surface area contributed by atoms with Gasteiger partial charge in [0.1, 0.15) is 0 Å². The Balaban J connectivity index is 1.86. The molecule has 1 aromatic carbocycles. The van der Waals surface area contributed by atoms with Crippen molar-refractivity contribution in [3.05, 3.63) is 30.0 Å². The lowest BCUT2D eigenvalue weighted by atomic mass is 10.1. The maximum atomic E-state index is 12.5. The Labute approximate surface area is 111 Å². The second kappa shape index (κ2) is 4.35. The third-order valence-corrected chi connectivity index (χ3v) is 3.40. The number of carbonyl (C=O) groups excluding carboxylic acids is 1. The molecule has 0 unspecified atom stereocenters. The third kappa shape index (κ3) is 2.33. The van der Waals surface area contributed by atoms with Gasteiger partial charge in [-0.15, -0.1) is 0 Å². The number of ether oxygens (including phenoxy) is 1. The summed E-state index contributed by atoms with van der Waals surface area (Å²) in [5, 5.41) is 7.87. The van der Waals surface area contributed by atoms with E-state index in [0.29, 0.717) is 25.3 Å². The van der Waals surface area contributed by atoms with Gasteiger partial charge >= 0.3 is 0 Å². The predicted octanol–water partition coefficient (Wildman–Crippen LogP) is 1.81. The lowest BCUT2D eigenvalue weighted by Gasteiger charge is -2.38. The molecule has 2 heterocycles. The molecule has 0 spiro atoms. The molecule has 5 heteroatoms. The lowest BCUT2D eigenvalue weighted by molar-refractivity contribution is -0.0763. The molecule has 1 saturated heterocycles. The highest BCUT2D eigenvalue weighted by molar-refractivity contribution is 5.97. The first-order chi connectivity index (χ1) is 9.05. The number of fused-ring (bicyclic) bond motifs is 1. The van der Waals surface area contributed by atoms with Crippen molar-refractivity contribution in [2.45, 2.75) is 19.4 Å². The molecule has 1 aromatic heterocycles. The molecule has 5 nitrogen and oxygen atoms in total. The highest BCUT2D eigenvalue weighted by atomic mass is 16.5. The molecule has 3 rings (SSSR count). The number of nitrogens with one attached hydrogen (secondary N) is 1. The number of morpholine rings is 1. The molecule has 2 aromatic rings. The van der Waals surface area contributed by atoms with E-state index < -0.39 is 0 Å². The smallest absolute Gasteiger partial charge is 0.254 e. The molecule has 1 aliphatic heterocycles. The van der Waals surface area contributed by atoms with Gasteiger partial charge in [-0.05, 0) is 26.0 Å². The van der Waals surface area contributed by atoms with E-state index >= 15 is 0 Å². The van der Waals surface area contributed by atoms with Crippen LogP contribution in [0.3, 0.4) is 0 Å². The minimum absolute atomic E-state index is 0.0490. The van der Waals surface area contributed by atoms with E-state index in [4.69, 9.17) is 4.74 Å². The number of hydrogen-bond acceptors (Lipinski definition) is 3. The standard InChI is InChI=1S/C14H17N3O2/c1-14(2)9-17(5-6-19-14)13(18)10-3-4-11-8-15-16-12(11)7-10/h3-4,7-8H,5-6,9H2,1-2H3,(H,15,16).